The number of rotatable bonds is 9. The molecular formula is C32H35ClN6O2. The number of benzene rings is 3. The molecule has 8 nitrogen and oxygen atoms in total. The van der Waals surface area contributed by atoms with Crippen LogP contribution in [0, 0.1) is 5.92 Å². The number of anilines is 3. The van der Waals surface area contributed by atoms with Crippen LogP contribution in [0.4, 0.5) is 17.5 Å². The Morgan fingerprint density at radius 2 is 1.68 bits per heavy atom. The van der Waals surface area contributed by atoms with E-state index in [1.807, 2.05) is 55.4 Å². The molecule has 0 aliphatic heterocycles. The maximum Gasteiger partial charge on any atom is 0.255 e. The van der Waals surface area contributed by atoms with Gasteiger partial charge in [0.05, 0.1) is 11.9 Å². The van der Waals surface area contributed by atoms with Crippen molar-refractivity contribution in [3.05, 3.63) is 88.9 Å². The first-order chi connectivity index (χ1) is 19.9. The summed E-state index contributed by atoms with van der Waals surface area (Å²) in [6, 6.07) is 22.5. The fraction of sp³-hybridized carbons (Fsp3) is 0.312. The van der Waals surface area contributed by atoms with Gasteiger partial charge in [-0.2, -0.15) is 4.98 Å². The molecule has 4 aromatic rings. The maximum atomic E-state index is 12.9. The van der Waals surface area contributed by atoms with Gasteiger partial charge in [0.25, 0.3) is 5.91 Å². The van der Waals surface area contributed by atoms with E-state index in [0.29, 0.717) is 46.3 Å². The molecule has 0 bridgehead atoms. The van der Waals surface area contributed by atoms with Crippen LogP contribution in [0.1, 0.15) is 41.6 Å². The van der Waals surface area contributed by atoms with E-state index >= 15 is 0 Å². The molecule has 1 aromatic heterocycles. The van der Waals surface area contributed by atoms with Crippen molar-refractivity contribution in [1.29, 1.82) is 0 Å². The van der Waals surface area contributed by atoms with Gasteiger partial charge in [0.15, 0.2) is 0 Å². The van der Waals surface area contributed by atoms with Crippen LogP contribution in [0.15, 0.2) is 72.8 Å². The number of nitrogens with zero attached hydrogens (tertiary/aromatic N) is 3. The lowest BCUT2D eigenvalue weighted by molar-refractivity contribution is -0.120. The van der Waals surface area contributed by atoms with Gasteiger partial charge < -0.3 is 20.9 Å². The molecule has 0 atom stereocenters. The van der Waals surface area contributed by atoms with E-state index in [9.17, 15) is 9.59 Å². The maximum absolute atomic E-state index is 12.9. The normalized spacial score (nSPS) is 16.7. The number of carbonyl (C=O) groups is 2. The minimum atomic E-state index is -0.269. The zero-order valence-electron chi connectivity index (χ0n) is 23.4. The molecular weight excluding hydrogens is 536 g/mol. The van der Waals surface area contributed by atoms with Gasteiger partial charge in [-0.25, -0.2) is 4.98 Å². The molecule has 0 spiro atoms. The van der Waals surface area contributed by atoms with Crippen LogP contribution < -0.4 is 20.9 Å². The summed E-state index contributed by atoms with van der Waals surface area (Å²) in [5.74, 6) is 1.61. The molecule has 0 saturated heterocycles. The highest BCUT2D eigenvalue weighted by atomic mass is 35.5. The van der Waals surface area contributed by atoms with Crippen molar-refractivity contribution < 1.29 is 9.59 Å². The summed E-state index contributed by atoms with van der Waals surface area (Å²) >= 11 is 6.04. The topological polar surface area (TPSA) is 99.3 Å². The van der Waals surface area contributed by atoms with Crippen LogP contribution in [0.25, 0.3) is 10.9 Å². The van der Waals surface area contributed by atoms with Gasteiger partial charge in [-0.05, 0) is 73.6 Å². The summed E-state index contributed by atoms with van der Waals surface area (Å²) in [6.07, 6.45) is 4.12. The molecule has 1 heterocycles. The Labute approximate surface area is 245 Å². The molecule has 5 rings (SSSR count). The summed E-state index contributed by atoms with van der Waals surface area (Å²) in [5, 5.41) is 11.1. The first-order valence-electron chi connectivity index (χ1n) is 14.0. The zero-order valence-corrected chi connectivity index (χ0v) is 24.1. The van der Waals surface area contributed by atoms with Gasteiger partial charge in [-0.1, -0.05) is 48.0 Å². The highest BCUT2D eigenvalue weighted by Gasteiger charge is 2.23. The summed E-state index contributed by atoms with van der Waals surface area (Å²) in [4.78, 5) is 37.3. The molecule has 3 aromatic carbocycles. The van der Waals surface area contributed by atoms with Crippen LogP contribution in [-0.4, -0.2) is 48.5 Å². The Bertz CT molecular complexity index is 1530. The third-order valence-corrected chi connectivity index (χ3v) is 7.71. The zero-order chi connectivity index (χ0) is 28.8. The van der Waals surface area contributed by atoms with Gasteiger partial charge >= 0.3 is 0 Å². The molecule has 9 heteroatoms. The van der Waals surface area contributed by atoms with Crippen molar-refractivity contribution in [3.63, 3.8) is 0 Å². The lowest BCUT2D eigenvalue weighted by Crippen LogP contribution is -2.35. The van der Waals surface area contributed by atoms with E-state index in [4.69, 9.17) is 21.6 Å². The van der Waals surface area contributed by atoms with Crippen LogP contribution in [0.5, 0.6) is 0 Å². The molecule has 1 aliphatic carbocycles. The van der Waals surface area contributed by atoms with Gasteiger partial charge in [0.2, 0.25) is 11.9 Å². The van der Waals surface area contributed by atoms with Crippen molar-refractivity contribution in [1.82, 2.24) is 15.3 Å². The van der Waals surface area contributed by atoms with E-state index in [2.05, 4.69) is 16.0 Å². The predicted molar refractivity (Wildman–Crippen MR) is 166 cm³/mol. The second-order valence-electron chi connectivity index (χ2n) is 10.7. The molecule has 1 fully saturated rings. The number of hydrogen-bond donors (Lipinski definition) is 3. The lowest BCUT2D eigenvalue weighted by atomic mass is 9.86. The molecule has 2 amide bonds. The summed E-state index contributed by atoms with van der Waals surface area (Å²) in [7, 11) is 3.99. The molecule has 1 saturated carbocycles. The van der Waals surface area contributed by atoms with Crippen LogP contribution >= 0.6 is 11.6 Å². The number of hydrogen-bond acceptors (Lipinski definition) is 6. The van der Waals surface area contributed by atoms with Crippen molar-refractivity contribution in [2.24, 2.45) is 5.92 Å². The predicted octanol–water partition coefficient (Wildman–Crippen LogP) is 5.93. The average molecular weight is 571 g/mol. The largest absolute Gasteiger partial charge is 0.362 e. The average Bonchev–Trinajstić information content (AvgIpc) is 2.96. The van der Waals surface area contributed by atoms with E-state index in [1.54, 1.807) is 36.4 Å². The second kappa shape index (κ2) is 13.0. The SMILES string of the molecule is CN(C)c1nc(N[C@H]2CC[C@@H](CNC(=O)Cc3ccccc3C(=O)Nc3cccc(Cl)c3)CC2)nc2ccccc12. The van der Waals surface area contributed by atoms with E-state index < -0.39 is 0 Å². The molecule has 3 N–H and O–H groups in total. The van der Waals surface area contributed by atoms with E-state index in [0.717, 1.165) is 42.4 Å². The molecule has 1 aliphatic rings. The Morgan fingerprint density at radius 3 is 2.46 bits per heavy atom. The molecule has 0 radical (unpaired) electrons. The van der Waals surface area contributed by atoms with E-state index in [-0.39, 0.29) is 18.2 Å². The van der Waals surface area contributed by atoms with Crippen molar-refractivity contribution >= 4 is 51.8 Å². The Hall–Kier alpha value is -4.17. The molecule has 0 unspecified atom stereocenters. The fourth-order valence-electron chi connectivity index (χ4n) is 5.31. The number of carbonyl (C=O) groups excluding carboxylic acids is 2. The fourth-order valence-corrected chi connectivity index (χ4v) is 5.50. The number of halogens is 1. The number of nitrogens with one attached hydrogen (secondary N) is 3. The molecule has 212 valence electrons. The summed E-state index contributed by atoms with van der Waals surface area (Å²) in [6.45, 7) is 0.625. The van der Waals surface area contributed by atoms with Crippen molar-refractivity contribution in [2.45, 2.75) is 38.1 Å². The number of aromatic nitrogens is 2. The highest BCUT2D eigenvalue weighted by Crippen LogP contribution is 2.28. The number of fused-ring (bicyclic) bond motifs is 1. The van der Waals surface area contributed by atoms with Gasteiger partial charge in [-0.15, -0.1) is 0 Å². The first kappa shape index (κ1) is 28.4. The smallest absolute Gasteiger partial charge is 0.255 e. The number of para-hydroxylation sites is 1. The number of amides is 2. The quantitative estimate of drug-likeness (QED) is 0.231. The van der Waals surface area contributed by atoms with Crippen LogP contribution in [0.3, 0.4) is 0 Å². The highest BCUT2D eigenvalue weighted by molar-refractivity contribution is 6.31. The lowest BCUT2D eigenvalue weighted by Gasteiger charge is -2.29. The van der Waals surface area contributed by atoms with Crippen molar-refractivity contribution in [2.75, 3.05) is 36.2 Å². The Balaban J connectivity index is 1.11. The Kier molecular flexibility index (Phi) is 8.99. The second-order valence-corrected chi connectivity index (χ2v) is 11.2. The van der Waals surface area contributed by atoms with Gasteiger partial charge in [-0.3, -0.25) is 9.59 Å². The molecule has 41 heavy (non-hydrogen) atoms. The third kappa shape index (κ3) is 7.32. The Morgan fingerprint density at radius 1 is 0.927 bits per heavy atom. The summed E-state index contributed by atoms with van der Waals surface area (Å²) < 4.78 is 0. The monoisotopic (exact) mass is 570 g/mol. The van der Waals surface area contributed by atoms with Gasteiger partial charge in [0, 0.05) is 48.3 Å². The van der Waals surface area contributed by atoms with Crippen LogP contribution in [0.2, 0.25) is 5.02 Å². The van der Waals surface area contributed by atoms with Crippen molar-refractivity contribution in [3.8, 4) is 0 Å². The first-order valence-corrected chi connectivity index (χ1v) is 14.4. The third-order valence-electron chi connectivity index (χ3n) is 7.47. The standard InChI is InChI=1S/C32H35ClN6O2/c1-39(2)30-27-12-5-6-13-28(27)37-32(38-30)36-24-16-14-21(15-17-24)20-34-29(40)18-22-8-3-4-11-26(22)31(41)35-25-10-7-9-23(33)19-25/h3-13,19,21,24H,14-18,20H2,1-2H3,(H,34,40)(H,35,41)(H,36,37,38)/t21-,24+. The van der Waals surface area contributed by atoms with Crippen LogP contribution in [-0.2, 0) is 11.2 Å². The summed E-state index contributed by atoms with van der Waals surface area (Å²) in [5.41, 5.74) is 2.69. The minimum Gasteiger partial charge on any atom is -0.362 e. The minimum absolute atomic E-state index is 0.0889. The van der Waals surface area contributed by atoms with E-state index in [1.165, 1.54) is 0 Å². The van der Waals surface area contributed by atoms with Gasteiger partial charge in [0.1, 0.15) is 5.82 Å².